The summed E-state index contributed by atoms with van der Waals surface area (Å²) >= 11 is -3.11. The molecule has 0 bridgehead atoms. The van der Waals surface area contributed by atoms with Crippen LogP contribution in [0.4, 0.5) is 26.3 Å². The summed E-state index contributed by atoms with van der Waals surface area (Å²) in [6, 6.07) is 0. The molecule has 0 aliphatic carbocycles. The van der Waals surface area contributed by atoms with E-state index >= 15 is 0 Å². The number of halogens is 6. The molecule has 0 aromatic rings. The van der Waals surface area contributed by atoms with Crippen molar-refractivity contribution in [3.63, 3.8) is 0 Å². The minimum Gasteiger partial charge on any atom is -0.256 e. The molecule has 0 aliphatic rings. The van der Waals surface area contributed by atoms with Crippen LogP contribution in [0, 0.1) is 0 Å². The van der Waals surface area contributed by atoms with Gasteiger partial charge >= 0.3 is 23.7 Å². The third kappa shape index (κ3) is 6.01. The predicted octanol–water partition coefficient (Wildman–Crippen LogP) is 3.28. The maximum absolute atomic E-state index is 12.2. The molecule has 0 heterocycles. The van der Waals surface area contributed by atoms with Crippen LogP contribution in [0.15, 0.2) is 0 Å². The monoisotopic (exact) mass is 302 g/mol. The summed E-state index contributed by atoms with van der Waals surface area (Å²) < 4.78 is 92.0. The third-order valence-electron chi connectivity index (χ3n) is 1.86. The fourth-order valence-corrected chi connectivity index (χ4v) is 1.84. The molecule has 0 radical (unpaired) electrons. The summed E-state index contributed by atoms with van der Waals surface area (Å²) in [6.07, 6.45) is -15.6. The number of rotatable bonds is 6. The van der Waals surface area contributed by atoms with Crippen LogP contribution in [0.3, 0.4) is 0 Å². The van der Waals surface area contributed by atoms with Gasteiger partial charge in [-0.15, -0.1) is 0 Å². The first kappa shape index (κ1) is 17.6. The molecule has 18 heavy (non-hydrogen) atoms. The maximum atomic E-state index is 12.2. The summed E-state index contributed by atoms with van der Waals surface area (Å²) in [4.78, 5) is 0. The number of hydrogen-bond acceptors (Lipinski definition) is 3. The molecule has 0 fully saturated rings. The first-order valence-corrected chi connectivity index (χ1v) is 5.91. The van der Waals surface area contributed by atoms with E-state index in [1.807, 2.05) is 0 Å². The summed E-state index contributed by atoms with van der Waals surface area (Å²) in [5.41, 5.74) is 0. The van der Waals surface area contributed by atoms with Crippen molar-refractivity contribution >= 4 is 11.4 Å². The molecule has 0 saturated heterocycles. The van der Waals surface area contributed by atoms with Gasteiger partial charge in [0.05, 0.1) is 0 Å². The van der Waals surface area contributed by atoms with Gasteiger partial charge in [0.25, 0.3) is 0 Å². The summed E-state index contributed by atoms with van der Waals surface area (Å²) in [5.74, 6) is 0. The normalized spacial score (nSPS) is 18.4. The standard InChI is InChI=1S/C8H12F6O3S/c1-3-5(7(9,10)11)16-18(15)17-6(4-2)8(12,13)14/h5-6H,3-4H2,1-2H3. The summed E-state index contributed by atoms with van der Waals surface area (Å²) in [5, 5.41) is 0. The minimum absolute atomic E-state index is 0.582. The Kier molecular flexibility index (Phi) is 6.58. The van der Waals surface area contributed by atoms with Crippen molar-refractivity contribution in [3.05, 3.63) is 0 Å². The molecule has 2 atom stereocenters. The van der Waals surface area contributed by atoms with Crippen LogP contribution in [0.1, 0.15) is 26.7 Å². The van der Waals surface area contributed by atoms with Crippen molar-refractivity contribution in [2.24, 2.45) is 0 Å². The second kappa shape index (κ2) is 6.71. The molecule has 0 aromatic heterocycles. The highest BCUT2D eigenvalue weighted by molar-refractivity contribution is 7.75. The van der Waals surface area contributed by atoms with Crippen LogP contribution in [0.5, 0.6) is 0 Å². The predicted molar refractivity (Wildman–Crippen MR) is 50.6 cm³/mol. The second-order valence-electron chi connectivity index (χ2n) is 3.27. The van der Waals surface area contributed by atoms with Gasteiger partial charge in [-0.25, -0.2) is 0 Å². The molecule has 0 aliphatic heterocycles. The van der Waals surface area contributed by atoms with Crippen LogP contribution in [0.2, 0.25) is 0 Å². The third-order valence-corrected chi connectivity index (χ3v) is 2.64. The van der Waals surface area contributed by atoms with E-state index < -0.39 is 48.8 Å². The van der Waals surface area contributed by atoms with Crippen molar-refractivity contribution in [2.75, 3.05) is 0 Å². The second-order valence-corrected chi connectivity index (χ2v) is 4.07. The molecule has 0 saturated carbocycles. The lowest BCUT2D eigenvalue weighted by molar-refractivity contribution is -0.206. The average Bonchev–Trinajstić information content (AvgIpc) is 2.19. The lowest BCUT2D eigenvalue weighted by Gasteiger charge is -2.21. The Hall–Kier alpha value is -0.350. The Balaban J connectivity index is 4.50. The molecule has 110 valence electrons. The maximum Gasteiger partial charge on any atom is 0.416 e. The Morgan fingerprint density at radius 3 is 1.33 bits per heavy atom. The molecular formula is C8H12F6O3S. The Labute approximate surface area is 102 Å². The van der Waals surface area contributed by atoms with Gasteiger partial charge in [-0.05, 0) is 12.8 Å². The molecule has 0 N–H and O–H groups in total. The van der Waals surface area contributed by atoms with E-state index in [0.29, 0.717) is 0 Å². The molecule has 0 amide bonds. The fourth-order valence-electron chi connectivity index (χ4n) is 0.920. The van der Waals surface area contributed by atoms with Crippen molar-refractivity contribution in [1.29, 1.82) is 0 Å². The van der Waals surface area contributed by atoms with E-state index in [9.17, 15) is 30.6 Å². The van der Waals surface area contributed by atoms with Gasteiger partial charge in [-0.1, -0.05) is 13.8 Å². The first-order valence-electron chi connectivity index (χ1n) is 4.91. The molecule has 0 aromatic carbocycles. The van der Waals surface area contributed by atoms with E-state index in [0.717, 1.165) is 13.8 Å². The molecule has 10 heteroatoms. The lowest BCUT2D eigenvalue weighted by atomic mass is 10.3. The first-order chi connectivity index (χ1) is 8.02. The van der Waals surface area contributed by atoms with Crippen molar-refractivity contribution in [3.8, 4) is 0 Å². The van der Waals surface area contributed by atoms with Crippen molar-refractivity contribution in [1.82, 2.24) is 0 Å². The Morgan fingerprint density at radius 1 is 0.889 bits per heavy atom. The largest absolute Gasteiger partial charge is 0.416 e. The van der Waals surface area contributed by atoms with Crippen LogP contribution in [-0.2, 0) is 19.7 Å². The molecule has 2 unspecified atom stereocenters. The quantitative estimate of drug-likeness (QED) is 0.706. The summed E-state index contributed by atoms with van der Waals surface area (Å²) in [6.45, 7) is 2.19. The van der Waals surface area contributed by atoms with E-state index in [-0.39, 0.29) is 0 Å². The molecule has 3 nitrogen and oxygen atoms in total. The highest BCUT2D eigenvalue weighted by Gasteiger charge is 2.44. The fraction of sp³-hybridized carbons (Fsp3) is 1.00. The molecular weight excluding hydrogens is 290 g/mol. The van der Waals surface area contributed by atoms with E-state index in [1.54, 1.807) is 0 Å². The van der Waals surface area contributed by atoms with Gasteiger partial charge in [0.15, 0.2) is 12.2 Å². The van der Waals surface area contributed by atoms with Gasteiger partial charge < -0.3 is 0 Å². The lowest BCUT2D eigenvalue weighted by Crippen LogP contribution is -2.36. The number of alkyl halides is 6. The zero-order chi connectivity index (χ0) is 14.6. The van der Waals surface area contributed by atoms with Gasteiger partial charge in [0.1, 0.15) is 0 Å². The van der Waals surface area contributed by atoms with Crippen LogP contribution in [0.25, 0.3) is 0 Å². The summed E-state index contributed by atoms with van der Waals surface area (Å²) in [7, 11) is 0. The topological polar surface area (TPSA) is 35.5 Å². The smallest absolute Gasteiger partial charge is 0.256 e. The van der Waals surface area contributed by atoms with E-state index in [4.69, 9.17) is 0 Å². The molecule has 0 spiro atoms. The highest BCUT2D eigenvalue weighted by Crippen LogP contribution is 2.29. The van der Waals surface area contributed by atoms with E-state index in [1.165, 1.54) is 0 Å². The van der Waals surface area contributed by atoms with Crippen molar-refractivity contribution < 1.29 is 38.9 Å². The highest BCUT2D eigenvalue weighted by atomic mass is 32.2. The van der Waals surface area contributed by atoms with Gasteiger partial charge in [0, 0.05) is 0 Å². The Morgan fingerprint density at radius 2 is 1.17 bits per heavy atom. The number of hydrogen-bond donors (Lipinski definition) is 0. The zero-order valence-electron chi connectivity index (χ0n) is 9.47. The van der Waals surface area contributed by atoms with Gasteiger partial charge in [-0.2, -0.15) is 30.6 Å². The zero-order valence-corrected chi connectivity index (χ0v) is 10.3. The SMILES string of the molecule is CCC(OS(=O)OC(CC)C(F)(F)F)C(F)(F)F. The van der Waals surface area contributed by atoms with Crippen LogP contribution >= 0.6 is 0 Å². The van der Waals surface area contributed by atoms with Gasteiger partial charge in [-0.3, -0.25) is 8.37 Å². The average molecular weight is 302 g/mol. The van der Waals surface area contributed by atoms with Crippen LogP contribution < -0.4 is 0 Å². The Bertz CT molecular complexity index is 251. The minimum atomic E-state index is -4.81. The van der Waals surface area contributed by atoms with Gasteiger partial charge in [0.2, 0.25) is 0 Å². The molecule has 0 rings (SSSR count). The van der Waals surface area contributed by atoms with Crippen molar-refractivity contribution in [2.45, 2.75) is 51.2 Å². The van der Waals surface area contributed by atoms with E-state index in [2.05, 4.69) is 8.37 Å². The van der Waals surface area contributed by atoms with Crippen LogP contribution in [-0.4, -0.2) is 28.8 Å².